The molecule has 0 aliphatic carbocycles. The van der Waals surface area contributed by atoms with Crippen LogP contribution >= 0.6 is 0 Å². The molecule has 0 fully saturated rings. The Hall–Kier alpha value is -2.17. The molecule has 0 atom stereocenters. The molecule has 0 bridgehead atoms. The van der Waals surface area contributed by atoms with Gasteiger partial charge in [-0.05, 0) is 32.4 Å². The predicted molar refractivity (Wildman–Crippen MR) is 75.4 cm³/mol. The molecule has 0 aromatic heterocycles. The standard InChI is InChI=1S/C15H19NO4/c1-10-4-6-13(11(2)8-10)16-14(18)9-20-15(19)7-5-12(3)17/h4,6,8H,5,7,9H2,1-3H3,(H,16,18). The van der Waals surface area contributed by atoms with E-state index < -0.39 is 11.9 Å². The zero-order valence-corrected chi connectivity index (χ0v) is 12.0. The van der Waals surface area contributed by atoms with E-state index in [1.807, 2.05) is 26.0 Å². The number of amides is 1. The minimum Gasteiger partial charge on any atom is -0.456 e. The summed E-state index contributed by atoms with van der Waals surface area (Å²) in [6.45, 7) is 4.92. The minimum atomic E-state index is -0.545. The van der Waals surface area contributed by atoms with Gasteiger partial charge in [0.25, 0.3) is 5.91 Å². The van der Waals surface area contributed by atoms with Gasteiger partial charge in [-0.2, -0.15) is 0 Å². The number of ketones is 1. The molecule has 5 heteroatoms. The number of aryl methyl sites for hydroxylation is 2. The number of esters is 1. The van der Waals surface area contributed by atoms with Crippen LogP contribution < -0.4 is 5.32 Å². The van der Waals surface area contributed by atoms with Crippen molar-refractivity contribution in [3.8, 4) is 0 Å². The number of carbonyl (C=O) groups excluding carboxylic acids is 3. The third-order valence-electron chi connectivity index (χ3n) is 2.70. The fourth-order valence-corrected chi connectivity index (χ4v) is 1.64. The second-order valence-corrected chi connectivity index (χ2v) is 4.73. The van der Waals surface area contributed by atoms with Gasteiger partial charge in [-0.25, -0.2) is 0 Å². The molecule has 5 nitrogen and oxygen atoms in total. The molecule has 1 aromatic carbocycles. The summed E-state index contributed by atoms with van der Waals surface area (Å²) in [4.78, 5) is 33.6. The van der Waals surface area contributed by atoms with Crippen LogP contribution in [0.1, 0.15) is 30.9 Å². The lowest BCUT2D eigenvalue weighted by Gasteiger charge is -2.09. The van der Waals surface area contributed by atoms with Crippen LogP contribution in [-0.4, -0.2) is 24.3 Å². The van der Waals surface area contributed by atoms with Crippen LogP contribution in [0.4, 0.5) is 5.69 Å². The van der Waals surface area contributed by atoms with E-state index in [-0.39, 0.29) is 25.2 Å². The van der Waals surface area contributed by atoms with Crippen LogP contribution in [-0.2, 0) is 19.1 Å². The average Bonchev–Trinajstić information content (AvgIpc) is 2.37. The van der Waals surface area contributed by atoms with Gasteiger partial charge in [-0.3, -0.25) is 9.59 Å². The number of hydrogen-bond acceptors (Lipinski definition) is 4. The van der Waals surface area contributed by atoms with Gasteiger partial charge in [0.05, 0.1) is 6.42 Å². The van der Waals surface area contributed by atoms with Crippen LogP contribution in [0.5, 0.6) is 0 Å². The molecule has 0 radical (unpaired) electrons. The van der Waals surface area contributed by atoms with Crippen LogP contribution in [0.2, 0.25) is 0 Å². The van der Waals surface area contributed by atoms with Gasteiger partial charge in [0.1, 0.15) is 5.78 Å². The van der Waals surface area contributed by atoms with E-state index >= 15 is 0 Å². The first-order chi connectivity index (χ1) is 9.38. The fourth-order valence-electron chi connectivity index (χ4n) is 1.64. The summed E-state index contributed by atoms with van der Waals surface area (Å²) in [5.41, 5.74) is 2.75. The Morgan fingerprint density at radius 1 is 1.15 bits per heavy atom. The van der Waals surface area contributed by atoms with Crippen molar-refractivity contribution in [1.29, 1.82) is 0 Å². The second kappa shape index (κ2) is 7.43. The molecule has 0 saturated heterocycles. The van der Waals surface area contributed by atoms with E-state index in [2.05, 4.69) is 5.32 Å². The van der Waals surface area contributed by atoms with Crippen molar-refractivity contribution in [2.45, 2.75) is 33.6 Å². The molecule has 108 valence electrons. The molecule has 1 amide bonds. The summed E-state index contributed by atoms with van der Waals surface area (Å²) >= 11 is 0. The van der Waals surface area contributed by atoms with E-state index in [1.54, 1.807) is 6.07 Å². The summed E-state index contributed by atoms with van der Waals surface area (Å²) in [6, 6.07) is 5.65. The van der Waals surface area contributed by atoms with Crippen molar-refractivity contribution in [2.75, 3.05) is 11.9 Å². The largest absolute Gasteiger partial charge is 0.456 e. The highest BCUT2D eigenvalue weighted by Crippen LogP contribution is 2.15. The van der Waals surface area contributed by atoms with Gasteiger partial charge >= 0.3 is 5.97 Å². The summed E-state index contributed by atoms with van der Waals surface area (Å²) < 4.78 is 4.79. The van der Waals surface area contributed by atoms with Gasteiger partial charge in [0.15, 0.2) is 6.61 Å². The number of anilines is 1. The topological polar surface area (TPSA) is 72.5 Å². The van der Waals surface area contributed by atoms with Crippen molar-refractivity contribution in [3.63, 3.8) is 0 Å². The lowest BCUT2D eigenvalue weighted by atomic mass is 10.1. The Bertz CT molecular complexity index is 523. The SMILES string of the molecule is CC(=O)CCC(=O)OCC(=O)Nc1ccc(C)cc1C. The zero-order chi connectivity index (χ0) is 15.1. The molecular formula is C15H19NO4. The van der Waals surface area contributed by atoms with Crippen molar-refractivity contribution in [3.05, 3.63) is 29.3 Å². The highest BCUT2D eigenvalue weighted by atomic mass is 16.5. The Balaban J connectivity index is 2.40. The Morgan fingerprint density at radius 3 is 2.45 bits per heavy atom. The monoisotopic (exact) mass is 277 g/mol. The Labute approximate surface area is 118 Å². The van der Waals surface area contributed by atoms with Gasteiger partial charge < -0.3 is 14.8 Å². The lowest BCUT2D eigenvalue weighted by Crippen LogP contribution is -2.21. The third-order valence-corrected chi connectivity index (χ3v) is 2.70. The molecular weight excluding hydrogens is 258 g/mol. The molecule has 1 aromatic rings. The van der Waals surface area contributed by atoms with Crippen LogP contribution in [0.15, 0.2) is 18.2 Å². The molecule has 20 heavy (non-hydrogen) atoms. The van der Waals surface area contributed by atoms with Crippen molar-refractivity contribution < 1.29 is 19.1 Å². The molecule has 1 rings (SSSR count). The van der Waals surface area contributed by atoms with E-state index in [0.29, 0.717) is 5.69 Å². The van der Waals surface area contributed by atoms with Gasteiger partial charge in [0, 0.05) is 12.1 Å². The van der Waals surface area contributed by atoms with E-state index in [1.165, 1.54) is 6.92 Å². The number of hydrogen-bond donors (Lipinski definition) is 1. The van der Waals surface area contributed by atoms with Crippen molar-refractivity contribution in [1.82, 2.24) is 0 Å². The molecule has 0 heterocycles. The average molecular weight is 277 g/mol. The second-order valence-electron chi connectivity index (χ2n) is 4.73. The molecule has 1 N–H and O–H groups in total. The Morgan fingerprint density at radius 2 is 1.85 bits per heavy atom. The summed E-state index contributed by atoms with van der Waals surface area (Å²) in [5.74, 6) is -1.02. The van der Waals surface area contributed by atoms with Gasteiger partial charge in [-0.15, -0.1) is 0 Å². The molecule has 0 spiro atoms. The van der Waals surface area contributed by atoms with Crippen LogP contribution in [0, 0.1) is 13.8 Å². The zero-order valence-electron chi connectivity index (χ0n) is 12.0. The normalized spacial score (nSPS) is 9.95. The van der Waals surface area contributed by atoms with E-state index in [0.717, 1.165) is 11.1 Å². The number of carbonyl (C=O) groups is 3. The third kappa shape index (κ3) is 5.65. The first-order valence-corrected chi connectivity index (χ1v) is 6.40. The first kappa shape index (κ1) is 15.9. The minimum absolute atomic E-state index is 0.00612. The number of benzene rings is 1. The van der Waals surface area contributed by atoms with Gasteiger partial charge in [0.2, 0.25) is 0 Å². The summed E-state index contributed by atoms with van der Waals surface area (Å²) in [6.07, 6.45) is 0.143. The maximum atomic E-state index is 11.6. The maximum Gasteiger partial charge on any atom is 0.306 e. The summed E-state index contributed by atoms with van der Waals surface area (Å²) in [7, 11) is 0. The van der Waals surface area contributed by atoms with Crippen molar-refractivity contribution >= 4 is 23.3 Å². The maximum absolute atomic E-state index is 11.6. The van der Waals surface area contributed by atoms with Crippen LogP contribution in [0.3, 0.4) is 0 Å². The number of ether oxygens (including phenoxy) is 1. The highest BCUT2D eigenvalue weighted by molar-refractivity contribution is 5.93. The molecule has 0 saturated carbocycles. The quantitative estimate of drug-likeness (QED) is 0.809. The summed E-state index contributed by atoms with van der Waals surface area (Å²) in [5, 5.41) is 2.67. The van der Waals surface area contributed by atoms with Crippen LogP contribution in [0.25, 0.3) is 0 Å². The van der Waals surface area contributed by atoms with Gasteiger partial charge in [-0.1, -0.05) is 17.7 Å². The number of nitrogens with one attached hydrogen (secondary N) is 1. The number of rotatable bonds is 6. The molecule has 0 aliphatic rings. The Kier molecular flexibility index (Phi) is 5.90. The number of Topliss-reactive ketones (excluding diaryl/α,β-unsaturated/α-hetero) is 1. The molecule has 0 aliphatic heterocycles. The van der Waals surface area contributed by atoms with E-state index in [9.17, 15) is 14.4 Å². The predicted octanol–water partition coefficient (Wildman–Crippen LogP) is 2.15. The fraction of sp³-hybridized carbons (Fsp3) is 0.400. The lowest BCUT2D eigenvalue weighted by molar-refractivity contribution is -0.148. The highest BCUT2D eigenvalue weighted by Gasteiger charge is 2.09. The molecule has 0 unspecified atom stereocenters. The van der Waals surface area contributed by atoms with Crippen molar-refractivity contribution in [2.24, 2.45) is 0 Å². The first-order valence-electron chi connectivity index (χ1n) is 6.40. The smallest absolute Gasteiger partial charge is 0.306 e. The van der Waals surface area contributed by atoms with E-state index in [4.69, 9.17) is 4.74 Å².